The molecule has 4 N–H and O–H groups in total. The van der Waals surface area contributed by atoms with E-state index in [2.05, 4.69) is 13.8 Å². The average molecular weight is 188 g/mol. The highest BCUT2D eigenvalue weighted by Gasteiger charge is 2.27. The lowest BCUT2D eigenvalue weighted by molar-refractivity contribution is 0.0404. The second-order valence-corrected chi connectivity index (χ2v) is 3.68. The van der Waals surface area contributed by atoms with Crippen LogP contribution >= 0.6 is 0 Å². The zero-order chi connectivity index (χ0) is 10.3. The molecule has 2 atom stereocenters. The number of hydrogen-bond donors (Lipinski definition) is 3. The Morgan fingerprint density at radius 2 is 2.08 bits per heavy atom. The molecule has 0 fully saturated rings. The minimum Gasteiger partial charge on any atom is -0.396 e. The van der Waals surface area contributed by atoms with E-state index in [0.29, 0.717) is 12.8 Å². The summed E-state index contributed by atoms with van der Waals surface area (Å²) >= 11 is 0. The van der Waals surface area contributed by atoms with Crippen LogP contribution in [0.5, 0.6) is 0 Å². The normalized spacial score (nSPS) is 18.2. The number of unbranched alkanes of at least 4 members (excludes halogenated alkanes) is 1. The minimum absolute atomic E-state index is 0.0817. The molecule has 2 unspecified atom stereocenters. The second kappa shape index (κ2) is 6.35. The standard InChI is InChI=1S/C10H22NO2/c1-3-4-6-9(11)10(2,13)7-5-8-12/h9,12-13H,2-8,11H2,1H3. The zero-order valence-electron chi connectivity index (χ0n) is 8.50. The van der Waals surface area contributed by atoms with E-state index < -0.39 is 5.60 Å². The summed E-state index contributed by atoms with van der Waals surface area (Å²) in [5, 5.41) is 18.4. The molecule has 0 spiro atoms. The summed E-state index contributed by atoms with van der Waals surface area (Å²) in [6.07, 6.45) is 3.90. The van der Waals surface area contributed by atoms with Gasteiger partial charge in [-0.15, -0.1) is 0 Å². The van der Waals surface area contributed by atoms with Crippen LogP contribution in [0.25, 0.3) is 0 Å². The fourth-order valence-corrected chi connectivity index (χ4v) is 1.26. The van der Waals surface area contributed by atoms with Crippen molar-refractivity contribution in [2.24, 2.45) is 5.73 Å². The maximum absolute atomic E-state index is 9.79. The zero-order valence-corrected chi connectivity index (χ0v) is 8.50. The Hall–Kier alpha value is -0.120. The average Bonchev–Trinajstić information content (AvgIpc) is 2.10. The number of aliphatic hydroxyl groups is 2. The molecule has 0 bridgehead atoms. The summed E-state index contributed by atoms with van der Waals surface area (Å²) < 4.78 is 0. The van der Waals surface area contributed by atoms with E-state index in [4.69, 9.17) is 10.8 Å². The summed E-state index contributed by atoms with van der Waals surface area (Å²) in [5.41, 5.74) is 4.71. The van der Waals surface area contributed by atoms with Gasteiger partial charge in [0, 0.05) is 12.6 Å². The maximum atomic E-state index is 9.79. The van der Waals surface area contributed by atoms with E-state index in [0.717, 1.165) is 19.3 Å². The van der Waals surface area contributed by atoms with Crippen molar-refractivity contribution < 1.29 is 10.2 Å². The lowest BCUT2D eigenvalue weighted by Gasteiger charge is -2.29. The Bertz CT molecular complexity index is 126. The van der Waals surface area contributed by atoms with Crippen LogP contribution in [0.3, 0.4) is 0 Å². The molecule has 79 valence electrons. The predicted octanol–water partition coefficient (Wildman–Crippen LogP) is 0.842. The van der Waals surface area contributed by atoms with Crippen molar-refractivity contribution in [3.05, 3.63) is 6.92 Å². The van der Waals surface area contributed by atoms with Gasteiger partial charge in [0.15, 0.2) is 0 Å². The van der Waals surface area contributed by atoms with Crippen LogP contribution < -0.4 is 5.73 Å². The van der Waals surface area contributed by atoms with Gasteiger partial charge in [0.1, 0.15) is 0 Å². The first-order chi connectivity index (χ1) is 6.04. The summed E-state index contributed by atoms with van der Waals surface area (Å²) in [6.45, 7) is 5.85. The van der Waals surface area contributed by atoms with Crippen LogP contribution in [0.4, 0.5) is 0 Å². The Kier molecular flexibility index (Phi) is 6.29. The summed E-state index contributed by atoms with van der Waals surface area (Å²) in [5.74, 6) is 0. The van der Waals surface area contributed by atoms with E-state index in [1.54, 1.807) is 0 Å². The Morgan fingerprint density at radius 1 is 1.46 bits per heavy atom. The van der Waals surface area contributed by atoms with Gasteiger partial charge in [0.2, 0.25) is 0 Å². The molecule has 0 aromatic carbocycles. The molecule has 0 heterocycles. The third-order valence-corrected chi connectivity index (χ3v) is 2.33. The van der Waals surface area contributed by atoms with Crippen molar-refractivity contribution in [2.75, 3.05) is 6.61 Å². The molecule has 0 amide bonds. The number of hydrogen-bond acceptors (Lipinski definition) is 3. The Morgan fingerprint density at radius 3 is 2.54 bits per heavy atom. The predicted molar refractivity (Wildman–Crippen MR) is 54.1 cm³/mol. The summed E-state index contributed by atoms with van der Waals surface area (Å²) in [6, 6.07) is -0.279. The second-order valence-electron chi connectivity index (χ2n) is 3.68. The van der Waals surface area contributed by atoms with Gasteiger partial charge in [-0.25, -0.2) is 0 Å². The molecular formula is C10H22NO2. The van der Waals surface area contributed by atoms with Crippen LogP contribution in [-0.4, -0.2) is 28.5 Å². The molecule has 0 aromatic rings. The Labute approximate surface area is 81.0 Å². The van der Waals surface area contributed by atoms with E-state index in [1.165, 1.54) is 0 Å². The lowest BCUT2D eigenvalue weighted by Crippen LogP contribution is -2.45. The largest absolute Gasteiger partial charge is 0.396 e. The highest BCUT2D eigenvalue weighted by atomic mass is 16.3. The van der Waals surface area contributed by atoms with Crippen molar-refractivity contribution in [2.45, 2.75) is 50.7 Å². The summed E-state index contributed by atoms with van der Waals surface area (Å²) in [4.78, 5) is 0. The number of aliphatic hydroxyl groups excluding tert-OH is 1. The van der Waals surface area contributed by atoms with Gasteiger partial charge in [-0.3, -0.25) is 0 Å². The fourth-order valence-electron chi connectivity index (χ4n) is 1.26. The number of rotatable bonds is 7. The smallest absolute Gasteiger partial charge is 0.0799 e. The van der Waals surface area contributed by atoms with E-state index in [1.807, 2.05) is 0 Å². The third kappa shape index (κ3) is 5.24. The van der Waals surface area contributed by atoms with E-state index in [-0.39, 0.29) is 12.6 Å². The minimum atomic E-state index is -1.07. The first-order valence-electron chi connectivity index (χ1n) is 4.98. The molecule has 0 aliphatic rings. The van der Waals surface area contributed by atoms with Gasteiger partial charge >= 0.3 is 0 Å². The maximum Gasteiger partial charge on any atom is 0.0799 e. The molecule has 0 aromatic heterocycles. The van der Waals surface area contributed by atoms with Crippen LogP contribution in [0.15, 0.2) is 0 Å². The van der Waals surface area contributed by atoms with Crippen LogP contribution in [0.1, 0.15) is 39.0 Å². The molecule has 1 radical (unpaired) electrons. The molecule has 13 heavy (non-hydrogen) atoms. The quantitative estimate of drug-likeness (QED) is 0.554. The highest BCUT2D eigenvalue weighted by molar-refractivity contribution is 4.91. The van der Waals surface area contributed by atoms with E-state index in [9.17, 15) is 5.11 Å². The highest BCUT2D eigenvalue weighted by Crippen LogP contribution is 2.18. The molecule has 0 aliphatic heterocycles. The van der Waals surface area contributed by atoms with E-state index >= 15 is 0 Å². The van der Waals surface area contributed by atoms with Crippen LogP contribution in [0, 0.1) is 6.92 Å². The first-order valence-corrected chi connectivity index (χ1v) is 4.98. The van der Waals surface area contributed by atoms with Crippen molar-refractivity contribution in [3.8, 4) is 0 Å². The van der Waals surface area contributed by atoms with Crippen molar-refractivity contribution in [1.29, 1.82) is 0 Å². The van der Waals surface area contributed by atoms with Gasteiger partial charge in [0.05, 0.1) is 5.60 Å². The SMILES string of the molecule is [CH2]C(O)(CCCO)C(N)CCCC. The van der Waals surface area contributed by atoms with Gasteiger partial charge in [-0.05, 0) is 26.2 Å². The lowest BCUT2D eigenvalue weighted by atomic mass is 9.89. The monoisotopic (exact) mass is 188 g/mol. The topological polar surface area (TPSA) is 66.5 Å². The third-order valence-electron chi connectivity index (χ3n) is 2.33. The van der Waals surface area contributed by atoms with Crippen molar-refractivity contribution in [1.82, 2.24) is 0 Å². The fraction of sp³-hybridized carbons (Fsp3) is 0.900. The van der Waals surface area contributed by atoms with Gasteiger partial charge in [0.25, 0.3) is 0 Å². The van der Waals surface area contributed by atoms with Gasteiger partial charge in [-0.1, -0.05) is 19.8 Å². The molecule has 3 nitrogen and oxygen atoms in total. The van der Waals surface area contributed by atoms with Crippen LogP contribution in [-0.2, 0) is 0 Å². The molecule has 0 saturated heterocycles. The first kappa shape index (κ1) is 12.9. The Balaban J connectivity index is 3.80. The van der Waals surface area contributed by atoms with Gasteiger partial charge in [-0.2, -0.15) is 0 Å². The molecule has 3 heteroatoms. The summed E-state index contributed by atoms with van der Waals surface area (Å²) in [7, 11) is 0. The van der Waals surface area contributed by atoms with Crippen molar-refractivity contribution >= 4 is 0 Å². The van der Waals surface area contributed by atoms with Gasteiger partial charge < -0.3 is 15.9 Å². The molecule has 0 rings (SSSR count). The molecule has 0 saturated carbocycles. The van der Waals surface area contributed by atoms with Crippen molar-refractivity contribution in [3.63, 3.8) is 0 Å². The molecule has 0 aliphatic carbocycles. The number of nitrogens with two attached hydrogens (primary N) is 1. The van der Waals surface area contributed by atoms with Crippen LogP contribution in [0.2, 0.25) is 0 Å². The molecular weight excluding hydrogens is 166 g/mol.